The smallest absolute Gasteiger partial charge is 0.357 e. The molecule has 5 aromatic rings. The van der Waals surface area contributed by atoms with Crippen LogP contribution in [0.3, 0.4) is 0 Å². The molecule has 0 aliphatic rings. The van der Waals surface area contributed by atoms with Crippen LogP contribution in [0.5, 0.6) is 0 Å². The van der Waals surface area contributed by atoms with E-state index in [1.54, 1.807) is 18.5 Å². The molecule has 0 spiro atoms. The molecule has 0 atom stereocenters. The first-order valence-corrected chi connectivity index (χ1v) is 10.7. The molecule has 0 amide bonds. The van der Waals surface area contributed by atoms with Crippen molar-refractivity contribution in [3.63, 3.8) is 0 Å². The zero-order chi connectivity index (χ0) is 23.3. The second-order valence-electron chi connectivity index (χ2n) is 7.54. The number of rotatable bonds is 6. The van der Waals surface area contributed by atoms with Crippen LogP contribution in [-0.4, -0.2) is 26.9 Å². The molecule has 7 heteroatoms. The largest absolute Gasteiger partial charge is 0.456 e. The monoisotopic (exact) mass is 449 g/mol. The molecule has 0 bridgehead atoms. The second-order valence-corrected chi connectivity index (χ2v) is 7.54. The fourth-order valence-electron chi connectivity index (χ4n) is 3.66. The number of benzene rings is 2. The predicted molar refractivity (Wildman–Crippen MR) is 126 cm³/mol. The Morgan fingerprint density at radius 3 is 1.53 bits per heavy atom. The molecule has 3 heterocycles. The summed E-state index contributed by atoms with van der Waals surface area (Å²) >= 11 is 0. The molecule has 0 aliphatic carbocycles. The summed E-state index contributed by atoms with van der Waals surface area (Å²) in [6.07, 6.45) is 3.39. The molecule has 34 heavy (non-hydrogen) atoms. The third-order valence-corrected chi connectivity index (χ3v) is 5.32. The van der Waals surface area contributed by atoms with Gasteiger partial charge in [-0.2, -0.15) is 0 Å². The van der Waals surface area contributed by atoms with Crippen molar-refractivity contribution in [3.8, 4) is 0 Å². The lowest BCUT2D eigenvalue weighted by Gasteiger charge is -2.09. The predicted octanol–water partition coefficient (Wildman–Crippen LogP) is 4.89. The van der Waals surface area contributed by atoms with E-state index in [2.05, 4.69) is 15.0 Å². The van der Waals surface area contributed by atoms with E-state index >= 15 is 0 Å². The van der Waals surface area contributed by atoms with Gasteiger partial charge in [0, 0.05) is 34.3 Å². The summed E-state index contributed by atoms with van der Waals surface area (Å²) in [6, 6.07) is 23.5. The van der Waals surface area contributed by atoms with Crippen molar-refractivity contribution in [1.29, 1.82) is 0 Å². The summed E-state index contributed by atoms with van der Waals surface area (Å²) < 4.78 is 10.9. The van der Waals surface area contributed by atoms with Crippen molar-refractivity contribution in [1.82, 2.24) is 15.0 Å². The maximum Gasteiger partial charge on any atom is 0.357 e. The van der Waals surface area contributed by atoms with Gasteiger partial charge in [-0.05, 0) is 24.3 Å². The Bertz CT molecular complexity index is 1400. The Labute approximate surface area is 195 Å². The topological polar surface area (TPSA) is 91.3 Å². The van der Waals surface area contributed by atoms with E-state index in [-0.39, 0.29) is 24.6 Å². The van der Waals surface area contributed by atoms with Gasteiger partial charge in [0.15, 0.2) is 0 Å². The first-order chi connectivity index (χ1) is 16.7. The standard InChI is InChI=1S/C27H19N3O4/c31-26(33-16-20-8-1-6-18-10-4-14-28-24(18)20)22-12-3-13-23(30-22)27(32)34-17-21-9-2-7-19-11-5-15-29-25(19)21/h1-15H,16-17H2. The lowest BCUT2D eigenvalue weighted by Crippen LogP contribution is -2.13. The van der Waals surface area contributed by atoms with Crippen molar-refractivity contribution in [2.75, 3.05) is 0 Å². The Balaban J connectivity index is 1.26. The summed E-state index contributed by atoms with van der Waals surface area (Å²) in [5, 5.41) is 1.92. The van der Waals surface area contributed by atoms with Gasteiger partial charge in [0.2, 0.25) is 0 Å². The van der Waals surface area contributed by atoms with Crippen molar-refractivity contribution in [2.45, 2.75) is 13.2 Å². The van der Waals surface area contributed by atoms with Crippen LogP contribution >= 0.6 is 0 Å². The van der Waals surface area contributed by atoms with E-state index in [0.29, 0.717) is 0 Å². The molecule has 5 rings (SSSR count). The molecule has 3 aromatic heterocycles. The van der Waals surface area contributed by atoms with Gasteiger partial charge >= 0.3 is 11.9 Å². The van der Waals surface area contributed by atoms with Crippen LogP contribution < -0.4 is 0 Å². The highest BCUT2D eigenvalue weighted by atomic mass is 16.5. The lowest BCUT2D eigenvalue weighted by molar-refractivity contribution is 0.0458. The number of nitrogens with zero attached hydrogens (tertiary/aromatic N) is 3. The highest BCUT2D eigenvalue weighted by molar-refractivity contribution is 5.92. The fourth-order valence-corrected chi connectivity index (χ4v) is 3.66. The molecule has 0 fully saturated rings. The maximum absolute atomic E-state index is 12.6. The minimum Gasteiger partial charge on any atom is -0.456 e. The minimum atomic E-state index is -0.638. The number of esters is 2. The molecular weight excluding hydrogens is 430 g/mol. The number of ether oxygens (including phenoxy) is 2. The van der Waals surface area contributed by atoms with Gasteiger partial charge in [-0.25, -0.2) is 14.6 Å². The highest BCUT2D eigenvalue weighted by Gasteiger charge is 2.16. The average Bonchev–Trinajstić information content (AvgIpc) is 2.90. The number of pyridine rings is 3. The van der Waals surface area contributed by atoms with Crippen molar-refractivity contribution in [2.24, 2.45) is 0 Å². The second kappa shape index (κ2) is 9.46. The van der Waals surface area contributed by atoms with Gasteiger partial charge in [0.25, 0.3) is 0 Å². The summed E-state index contributed by atoms with van der Waals surface area (Å²) in [4.78, 5) is 38.0. The van der Waals surface area contributed by atoms with Crippen LogP contribution in [0, 0.1) is 0 Å². The van der Waals surface area contributed by atoms with Crippen molar-refractivity contribution >= 4 is 33.7 Å². The average molecular weight is 449 g/mol. The lowest BCUT2D eigenvalue weighted by atomic mass is 10.1. The first-order valence-electron chi connectivity index (χ1n) is 10.7. The normalized spacial score (nSPS) is 10.8. The number of aromatic nitrogens is 3. The minimum absolute atomic E-state index is 0.0227. The molecule has 7 nitrogen and oxygen atoms in total. The summed E-state index contributed by atoms with van der Waals surface area (Å²) in [7, 11) is 0. The van der Waals surface area contributed by atoms with Crippen LogP contribution in [0.25, 0.3) is 21.8 Å². The molecule has 0 saturated heterocycles. The SMILES string of the molecule is O=C(OCc1cccc2cccnc12)c1cccc(C(=O)OCc2cccc3cccnc23)n1. The molecule has 2 aromatic carbocycles. The number of hydrogen-bond donors (Lipinski definition) is 0. The number of carbonyl (C=O) groups is 2. The summed E-state index contributed by atoms with van der Waals surface area (Å²) in [5.41, 5.74) is 3.15. The fraction of sp³-hybridized carbons (Fsp3) is 0.0741. The number of carbonyl (C=O) groups excluding carboxylic acids is 2. The molecule has 0 radical (unpaired) electrons. The van der Waals surface area contributed by atoms with Crippen LogP contribution in [0.15, 0.2) is 91.3 Å². The molecule has 166 valence electrons. The van der Waals surface area contributed by atoms with Crippen LogP contribution in [0.2, 0.25) is 0 Å². The zero-order valence-electron chi connectivity index (χ0n) is 18.0. The van der Waals surface area contributed by atoms with E-state index in [4.69, 9.17) is 9.47 Å². The van der Waals surface area contributed by atoms with Gasteiger partial charge in [0.05, 0.1) is 11.0 Å². The number of para-hydroxylation sites is 2. The van der Waals surface area contributed by atoms with Crippen LogP contribution in [-0.2, 0) is 22.7 Å². The van der Waals surface area contributed by atoms with E-state index in [9.17, 15) is 9.59 Å². The summed E-state index contributed by atoms with van der Waals surface area (Å²) in [6.45, 7) is 0.0786. The van der Waals surface area contributed by atoms with Gasteiger partial charge in [-0.15, -0.1) is 0 Å². The van der Waals surface area contributed by atoms with Gasteiger partial charge in [-0.3, -0.25) is 9.97 Å². The highest BCUT2D eigenvalue weighted by Crippen LogP contribution is 2.18. The third kappa shape index (κ3) is 4.45. The first kappa shape index (κ1) is 21.2. The maximum atomic E-state index is 12.6. The Morgan fingerprint density at radius 1 is 0.588 bits per heavy atom. The number of fused-ring (bicyclic) bond motifs is 2. The van der Waals surface area contributed by atoms with E-state index in [0.717, 1.165) is 32.9 Å². The van der Waals surface area contributed by atoms with E-state index in [1.165, 1.54) is 12.1 Å². The van der Waals surface area contributed by atoms with Crippen LogP contribution in [0.1, 0.15) is 32.1 Å². The third-order valence-electron chi connectivity index (χ3n) is 5.32. The van der Waals surface area contributed by atoms with E-state index < -0.39 is 11.9 Å². The van der Waals surface area contributed by atoms with Gasteiger partial charge in [0.1, 0.15) is 24.6 Å². The molecular formula is C27H19N3O4. The van der Waals surface area contributed by atoms with E-state index in [1.807, 2.05) is 60.7 Å². The number of hydrogen-bond acceptors (Lipinski definition) is 7. The Kier molecular flexibility index (Phi) is 5.90. The molecule has 0 saturated carbocycles. The van der Waals surface area contributed by atoms with Gasteiger partial charge < -0.3 is 9.47 Å². The van der Waals surface area contributed by atoms with Crippen LogP contribution in [0.4, 0.5) is 0 Å². The van der Waals surface area contributed by atoms with Crippen molar-refractivity contribution in [3.05, 3.63) is 114 Å². The quantitative estimate of drug-likeness (QED) is 0.341. The Hall–Kier alpha value is -4.65. The molecule has 0 aliphatic heterocycles. The van der Waals surface area contributed by atoms with Gasteiger partial charge in [-0.1, -0.05) is 54.6 Å². The summed E-state index contributed by atoms with van der Waals surface area (Å²) in [5.74, 6) is -1.28. The zero-order valence-corrected chi connectivity index (χ0v) is 18.0. The molecule has 0 unspecified atom stereocenters. The molecule has 0 N–H and O–H groups in total. The Morgan fingerprint density at radius 2 is 1.03 bits per heavy atom. The van der Waals surface area contributed by atoms with Crippen molar-refractivity contribution < 1.29 is 19.1 Å².